The van der Waals surface area contributed by atoms with E-state index >= 15 is 0 Å². The van der Waals surface area contributed by atoms with Crippen LogP contribution in [0.25, 0.3) is 11.1 Å². The van der Waals surface area contributed by atoms with E-state index in [2.05, 4.69) is 71.4 Å². The Labute approximate surface area is 198 Å². The van der Waals surface area contributed by atoms with E-state index in [0.29, 0.717) is 11.5 Å². The molecule has 0 aliphatic heterocycles. The normalized spacial score (nSPS) is 7.88. The lowest BCUT2D eigenvalue weighted by Crippen LogP contribution is -1.95. The van der Waals surface area contributed by atoms with E-state index in [-0.39, 0.29) is 11.8 Å². The van der Waals surface area contributed by atoms with Gasteiger partial charge in [-0.2, -0.15) is 0 Å². The second-order valence-corrected chi connectivity index (χ2v) is 6.14. The molecule has 0 fully saturated rings. The third-order valence-corrected chi connectivity index (χ3v) is 4.25. The Balaban J connectivity index is 2.27. The molecule has 2 nitrogen and oxygen atoms in total. The van der Waals surface area contributed by atoms with Crippen molar-refractivity contribution in [1.82, 2.24) is 0 Å². The number of hydrogen-bond acceptors (Lipinski definition) is 2. The minimum atomic E-state index is 0.222. The van der Waals surface area contributed by atoms with Crippen molar-refractivity contribution < 1.29 is 9.47 Å². The molecule has 2 aromatic carbocycles. The summed E-state index contributed by atoms with van der Waals surface area (Å²) in [5, 5.41) is 0. The summed E-state index contributed by atoms with van der Waals surface area (Å²) >= 11 is 12.3. The zero-order valence-corrected chi connectivity index (χ0v) is 18.1. The Bertz CT molecular complexity index is 1400. The Morgan fingerprint density at radius 2 is 1.34 bits per heavy atom. The lowest BCUT2D eigenvalue weighted by atomic mass is 9.97. The molecule has 0 bridgehead atoms. The van der Waals surface area contributed by atoms with Gasteiger partial charge >= 0.3 is 0 Å². The molecule has 0 saturated heterocycles. The fraction of sp³-hybridized carbons (Fsp3) is 0.0714. The highest BCUT2D eigenvalue weighted by molar-refractivity contribution is 6.18. The Kier molecular flexibility index (Phi) is 10.2. The molecule has 0 aliphatic rings. The molecule has 0 N–H and O–H groups in total. The Hall–Kier alpha value is -4.46. The molecule has 4 heteroatoms. The average Bonchev–Trinajstić information content (AvgIpc) is 2.83. The van der Waals surface area contributed by atoms with Crippen molar-refractivity contribution in [3.05, 3.63) is 47.5 Å². The van der Waals surface area contributed by atoms with Gasteiger partial charge in [0.2, 0.25) is 0 Å². The zero-order valence-electron chi connectivity index (χ0n) is 16.6. The van der Waals surface area contributed by atoms with E-state index in [9.17, 15) is 0 Å². The minimum Gasteiger partial charge on any atom is -0.407 e. The number of rotatable bonds is 5. The average molecular weight is 451 g/mol. The molecule has 0 amide bonds. The molecule has 150 valence electrons. The van der Waals surface area contributed by atoms with E-state index < -0.39 is 0 Å². The van der Waals surface area contributed by atoms with Gasteiger partial charge in [0.25, 0.3) is 0 Å². The van der Waals surface area contributed by atoms with Gasteiger partial charge in [-0.05, 0) is 70.6 Å². The molecule has 2 aromatic rings. The number of benzene rings is 2. The maximum Gasteiger partial charge on any atom is 0.145 e. The summed E-state index contributed by atoms with van der Waals surface area (Å²) in [5.41, 5.74) is 3.33. The van der Waals surface area contributed by atoms with E-state index in [1.807, 2.05) is 24.3 Å². The minimum absolute atomic E-state index is 0.222. The molecule has 0 spiro atoms. The summed E-state index contributed by atoms with van der Waals surface area (Å²) in [5.74, 6) is 25.7. The lowest BCUT2D eigenvalue weighted by molar-refractivity contribution is 0.514. The van der Waals surface area contributed by atoms with E-state index in [0.717, 1.165) is 22.3 Å². The highest BCUT2D eigenvalue weighted by atomic mass is 35.5. The van der Waals surface area contributed by atoms with Crippen LogP contribution >= 0.6 is 23.2 Å². The number of ether oxygens (including phenoxy) is 2. The van der Waals surface area contributed by atoms with Crippen LogP contribution in [0.5, 0.6) is 11.5 Å². The van der Waals surface area contributed by atoms with Crippen LogP contribution in [0.15, 0.2) is 36.4 Å². The summed E-state index contributed by atoms with van der Waals surface area (Å²) in [6, 6.07) is 11.1. The van der Waals surface area contributed by atoms with Crippen molar-refractivity contribution >= 4 is 23.2 Å². The number of halogens is 2. The highest BCUT2D eigenvalue weighted by Gasteiger charge is 2.12. The third kappa shape index (κ3) is 7.42. The molecule has 0 atom stereocenters. The monoisotopic (exact) mass is 450 g/mol. The topological polar surface area (TPSA) is 18.5 Å². The number of terminal acetylenes is 2. The lowest BCUT2D eigenvalue weighted by Gasteiger charge is -2.13. The van der Waals surface area contributed by atoms with Gasteiger partial charge in [-0.25, -0.2) is 0 Å². The summed E-state index contributed by atoms with van der Waals surface area (Å²) in [6.07, 6.45) is 15.0. The van der Waals surface area contributed by atoms with Crippen LogP contribution in [-0.2, 0) is 11.8 Å². The fourth-order valence-electron chi connectivity index (χ4n) is 2.38. The van der Waals surface area contributed by atoms with Gasteiger partial charge < -0.3 is 9.47 Å². The highest BCUT2D eigenvalue weighted by Crippen LogP contribution is 2.34. The van der Waals surface area contributed by atoms with Crippen LogP contribution in [0.4, 0.5) is 0 Å². The smallest absolute Gasteiger partial charge is 0.145 e. The Morgan fingerprint density at radius 1 is 0.688 bits per heavy atom. The predicted molar refractivity (Wildman–Crippen MR) is 129 cm³/mol. The molecule has 0 unspecified atom stereocenters. The molecular formula is C28H12Cl2O2. The first-order valence-corrected chi connectivity index (χ1v) is 9.93. The van der Waals surface area contributed by atoms with Gasteiger partial charge in [0.15, 0.2) is 0 Å². The number of alkyl halides is 2. The van der Waals surface area contributed by atoms with Crippen LogP contribution < -0.4 is 9.47 Å². The van der Waals surface area contributed by atoms with Gasteiger partial charge in [0, 0.05) is 41.0 Å². The summed E-state index contributed by atoms with van der Waals surface area (Å²) in [4.78, 5) is 0. The summed E-state index contributed by atoms with van der Waals surface area (Å²) < 4.78 is 10.9. The molecule has 2 rings (SSSR count). The largest absolute Gasteiger partial charge is 0.407 e. The van der Waals surface area contributed by atoms with E-state index in [1.165, 1.54) is 0 Å². The number of hydrogen-bond donors (Lipinski definition) is 0. The second kappa shape index (κ2) is 13.7. The molecule has 0 aromatic heterocycles. The van der Waals surface area contributed by atoms with Crippen molar-refractivity contribution in [2.45, 2.75) is 11.8 Å². The predicted octanol–water partition coefficient (Wildman–Crippen LogP) is 4.79. The van der Waals surface area contributed by atoms with Gasteiger partial charge in [-0.1, -0.05) is 12.1 Å². The fourth-order valence-corrected chi connectivity index (χ4v) is 2.81. The van der Waals surface area contributed by atoms with Crippen molar-refractivity contribution in [2.75, 3.05) is 0 Å². The molecule has 0 heterocycles. The van der Waals surface area contributed by atoms with Crippen LogP contribution in [0.1, 0.15) is 11.1 Å². The SMILES string of the molecule is C#CC#CC#CC#CC#COc1cccc(-c2cc(CCl)c(OC#CC#C)cc2CCl)c1. The van der Waals surface area contributed by atoms with Crippen molar-refractivity contribution in [1.29, 1.82) is 0 Å². The van der Waals surface area contributed by atoms with Crippen molar-refractivity contribution in [3.8, 4) is 107 Å². The quantitative estimate of drug-likeness (QED) is 0.481. The first-order chi connectivity index (χ1) is 15.7. The van der Waals surface area contributed by atoms with Crippen molar-refractivity contribution in [2.24, 2.45) is 0 Å². The van der Waals surface area contributed by atoms with Gasteiger partial charge in [-0.3, -0.25) is 0 Å². The molecule has 0 aliphatic carbocycles. The van der Waals surface area contributed by atoms with Gasteiger partial charge in [0.05, 0.1) is 5.88 Å². The van der Waals surface area contributed by atoms with Gasteiger partial charge in [-0.15, -0.1) is 36.0 Å². The first-order valence-electron chi connectivity index (χ1n) is 8.86. The first kappa shape index (κ1) is 23.8. The third-order valence-electron chi connectivity index (χ3n) is 3.67. The maximum atomic E-state index is 6.17. The molecular weight excluding hydrogens is 439 g/mol. The standard InChI is InChI=1S/C28H12Cl2O2/c1-3-5-7-8-9-10-11-12-17-31-26-15-13-14-23(18-26)27-19-25(22-30)28(20-24(27)21-29)32-16-6-4-2/h1-2,13-15,18-20H,21-22H2. The second-order valence-electron chi connectivity index (χ2n) is 5.61. The molecule has 32 heavy (non-hydrogen) atoms. The van der Waals surface area contributed by atoms with E-state index in [4.69, 9.17) is 45.5 Å². The Morgan fingerprint density at radius 3 is 2.03 bits per heavy atom. The maximum absolute atomic E-state index is 6.17. The van der Waals surface area contributed by atoms with Crippen molar-refractivity contribution in [3.63, 3.8) is 0 Å². The molecule has 0 radical (unpaired) electrons. The molecule has 0 saturated carbocycles. The van der Waals surface area contributed by atoms with Gasteiger partial charge in [0.1, 0.15) is 23.7 Å². The zero-order chi connectivity index (χ0) is 23.0. The van der Waals surface area contributed by atoms with Crippen LogP contribution in [0.3, 0.4) is 0 Å². The van der Waals surface area contributed by atoms with E-state index in [1.54, 1.807) is 12.1 Å². The summed E-state index contributed by atoms with van der Waals surface area (Å²) in [7, 11) is 0. The van der Waals surface area contributed by atoms with Crippen LogP contribution in [0.2, 0.25) is 0 Å². The van der Waals surface area contributed by atoms with Crippen LogP contribution in [-0.4, -0.2) is 0 Å². The summed E-state index contributed by atoms with van der Waals surface area (Å²) in [6.45, 7) is 0. The van der Waals surface area contributed by atoms with Crippen LogP contribution in [0, 0.1) is 84.3 Å².